The topological polar surface area (TPSA) is 74.2 Å². The summed E-state index contributed by atoms with van der Waals surface area (Å²) in [6, 6.07) is 15.5. The van der Waals surface area contributed by atoms with Crippen LogP contribution in [-0.4, -0.2) is 31.2 Å². The highest BCUT2D eigenvalue weighted by atomic mass is 16.5. The number of esters is 1. The maximum absolute atomic E-state index is 13.4. The Hall–Kier alpha value is -3.67. The number of nitrogens with zero attached hydrogens (tertiary/aromatic N) is 1. The second-order valence-corrected chi connectivity index (χ2v) is 10.1. The molecule has 1 aliphatic heterocycles. The van der Waals surface area contributed by atoms with E-state index in [1.54, 1.807) is 7.11 Å². The minimum atomic E-state index is -0.713. The first kappa shape index (κ1) is 25.4. The van der Waals surface area contributed by atoms with Gasteiger partial charge in [0.1, 0.15) is 19.1 Å². The molecule has 0 bridgehead atoms. The van der Waals surface area contributed by atoms with Crippen molar-refractivity contribution in [1.82, 2.24) is 0 Å². The van der Waals surface area contributed by atoms with Crippen LogP contribution in [0.5, 0.6) is 11.5 Å². The molecule has 1 heterocycles. The van der Waals surface area contributed by atoms with Crippen LogP contribution in [0.25, 0.3) is 0 Å². The molecule has 188 valence electrons. The van der Waals surface area contributed by atoms with Crippen molar-refractivity contribution in [2.24, 2.45) is 16.3 Å². The van der Waals surface area contributed by atoms with Crippen LogP contribution in [-0.2, 0) is 20.9 Å². The van der Waals surface area contributed by atoms with E-state index in [0.29, 0.717) is 42.2 Å². The van der Waals surface area contributed by atoms with E-state index < -0.39 is 17.8 Å². The van der Waals surface area contributed by atoms with E-state index in [1.807, 2.05) is 55.5 Å². The number of benzene rings is 2. The molecular formula is C30H33NO5. The number of allylic oxidation sites excluding steroid dienone is 2. The molecule has 4 rings (SSSR count). The number of hydrogen-bond donors (Lipinski definition) is 0. The van der Waals surface area contributed by atoms with E-state index in [9.17, 15) is 9.59 Å². The second kappa shape index (κ2) is 10.5. The van der Waals surface area contributed by atoms with Gasteiger partial charge in [0.05, 0.1) is 7.11 Å². The van der Waals surface area contributed by atoms with Gasteiger partial charge in [0.25, 0.3) is 0 Å². The molecule has 6 heteroatoms. The van der Waals surface area contributed by atoms with Gasteiger partial charge in [-0.05, 0) is 42.0 Å². The number of aliphatic imine (C=N–C) groups is 1. The fourth-order valence-corrected chi connectivity index (χ4v) is 5.07. The van der Waals surface area contributed by atoms with Crippen molar-refractivity contribution in [1.29, 1.82) is 0 Å². The van der Waals surface area contributed by atoms with Gasteiger partial charge in [-0.3, -0.25) is 14.6 Å². The average molecular weight is 488 g/mol. The zero-order chi connectivity index (χ0) is 25.9. The number of methoxy groups -OCH3 is 1. The molecule has 0 spiro atoms. The summed E-state index contributed by atoms with van der Waals surface area (Å²) in [4.78, 5) is 31.4. The van der Waals surface area contributed by atoms with Crippen molar-refractivity contribution in [3.05, 3.63) is 83.6 Å². The zero-order valence-electron chi connectivity index (χ0n) is 21.4. The predicted octanol–water partition coefficient (Wildman–Crippen LogP) is 5.82. The molecular weight excluding hydrogens is 454 g/mol. The van der Waals surface area contributed by atoms with E-state index in [2.05, 4.69) is 20.4 Å². The Morgan fingerprint density at radius 2 is 1.89 bits per heavy atom. The lowest BCUT2D eigenvalue weighted by Gasteiger charge is -2.39. The summed E-state index contributed by atoms with van der Waals surface area (Å²) in [7, 11) is 1.58. The monoisotopic (exact) mass is 487 g/mol. The van der Waals surface area contributed by atoms with Crippen molar-refractivity contribution in [3.8, 4) is 11.5 Å². The standard InChI is InChI=1S/C30H33NO5/c1-6-14-35-29(33)26-19(2)31-22-16-30(3,4)17-23(32)28(22)27(26)21-12-13-24(25(15-21)34-5)36-18-20-10-8-7-9-11-20/h6-13,15,26-27H,1,14,16-18H2,2-5H3/t26?,27-/m1/s1. The Kier molecular flexibility index (Phi) is 7.43. The van der Waals surface area contributed by atoms with Crippen molar-refractivity contribution >= 4 is 17.5 Å². The summed E-state index contributed by atoms with van der Waals surface area (Å²) in [5, 5.41) is 0. The van der Waals surface area contributed by atoms with Crippen LogP contribution in [0.1, 0.15) is 50.7 Å². The summed E-state index contributed by atoms with van der Waals surface area (Å²) in [6.45, 7) is 10.1. The van der Waals surface area contributed by atoms with Gasteiger partial charge in [0, 0.05) is 29.3 Å². The van der Waals surface area contributed by atoms with Crippen LogP contribution in [0.2, 0.25) is 0 Å². The Morgan fingerprint density at radius 3 is 2.58 bits per heavy atom. The highest BCUT2D eigenvalue weighted by Crippen LogP contribution is 2.49. The lowest BCUT2D eigenvalue weighted by molar-refractivity contribution is -0.145. The SMILES string of the molecule is C=CCOC(=O)C1C(C)=NC2=C(C(=O)CC(C)(C)C2)[C@@H]1c1ccc(OCc2ccccc2)c(OC)c1. The molecule has 0 saturated carbocycles. The second-order valence-electron chi connectivity index (χ2n) is 10.1. The first-order valence-corrected chi connectivity index (χ1v) is 12.2. The summed E-state index contributed by atoms with van der Waals surface area (Å²) in [5.74, 6) is -0.513. The zero-order valence-corrected chi connectivity index (χ0v) is 21.4. The molecule has 6 nitrogen and oxygen atoms in total. The summed E-state index contributed by atoms with van der Waals surface area (Å²) in [5.41, 5.74) is 3.64. The smallest absolute Gasteiger partial charge is 0.315 e. The Bertz CT molecular complexity index is 1230. The van der Waals surface area contributed by atoms with Gasteiger partial charge in [0.2, 0.25) is 0 Å². The number of hydrogen-bond acceptors (Lipinski definition) is 6. The third kappa shape index (κ3) is 5.27. The van der Waals surface area contributed by atoms with Gasteiger partial charge < -0.3 is 14.2 Å². The maximum Gasteiger partial charge on any atom is 0.315 e. The Morgan fingerprint density at radius 1 is 1.14 bits per heavy atom. The van der Waals surface area contributed by atoms with E-state index in [0.717, 1.165) is 16.8 Å². The largest absolute Gasteiger partial charge is 0.493 e. The fourth-order valence-electron chi connectivity index (χ4n) is 5.07. The number of carbonyl (C=O) groups is 2. The van der Waals surface area contributed by atoms with Crippen molar-refractivity contribution in [2.45, 2.75) is 46.1 Å². The van der Waals surface area contributed by atoms with E-state index in [1.165, 1.54) is 6.08 Å². The first-order valence-electron chi connectivity index (χ1n) is 12.2. The normalized spacial score (nSPS) is 20.8. The molecule has 0 N–H and O–H groups in total. The van der Waals surface area contributed by atoms with E-state index in [-0.39, 0.29) is 17.8 Å². The van der Waals surface area contributed by atoms with Gasteiger partial charge in [-0.15, -0.1) is 0 Å². The van der Waals surface area contributed by atoms with Gasteiger partial charge in [-0.25, -0.2) is 0 Å². The van der Waals surface area contributed by atoms with Crippen molar-refractivity contribution in [2.75, 3.05) is 13.7 Å². The van der Waals surface area contributed by atoms with Crippen LogP contribution >= 0.6 is 0 Å². The predicted molar refractivity (Wildman–Crippen MR) is 139 cm³/mol. The quantitative estimate of drug-likeness (QED) is 0.346. The van der Waals surface area contributed by atoms with Crippen LogP contribution < -0.4 is 9.47 Å². The Labute approximate surface area is 212 Å². The van der Waals surface area contributed by atoms with E-state index in [4.69, 9.17) is 19.2 Å². The molecule has 0 amide bonds. The van der Waals surface area contributed by atoms with Crippen molar-refractivity contribution < 1.29 is 23.8 Å². The molecule has 0 fully saturated rings. The molecule has 1 unspecified atom stereocenters. The number of ketones is 1. The van der Waals surface area contributed by atoms with Crippen molar-refractivity contribution in [3.63, 3.8) is 0 Å². The van der Waals surface area contributed by atoms with Crippen LogP contribution in [0.15, 0.2) is 77.4 Å². The Balaban J connectivity index is 1.74. The van der Waals surface area contributed by atoms with Gasteiger partial charge >= 0.3 is 5.97 Å². The van der Waals surface area contributed by atoms with Gasteiger partial charge in [-0.1, -0.05) is 62.9 Å². The molecule has 36 heavy (non-hydrogen) atoms. The van der Waals surface area contributed by atoms with Crippen LogP contribution in [0.4, 0.5) is 0 Å². The minimum absolute atomic E-state index is 0.0207. The van der Waals surface area contributed by atoms with Crippen LogP contribution in [0.3, 0.4) is 0 Å². The number of ether oxygens (including phenoxy) is 3. The third-order valence-corrected chi connectivity index (χ3v) is 6.68. The van der Waals surface area contributed by atoms with Crippen LogP contribution in [0, 0.1) is 11.3 Å². The lowest BCUT2D eigenvalue weighted by Crippen LogP contribution is -2.39. The summed E-state index contributed by atoms with van der Waals surface area (Å²) < 4.78 is 17.1. The number of Topliss-reactive ketones (excluding diaryl/α,β-unsaturated/α-hetero) is 1. The average Bonchev–Trinajstić information content (AvgIpc) is 2.85. The number of rotatable bonds is 8. The third-order valence-electron chi connectivity index (χ3n) is 6.68. The molecule has 0 saturated heterocycles. The highest BCUT2D eigenvalue weighted by Gasteiger charge is 2.46. The fraction of sp³-hybridized carbons (Fsp3) is 0.367. The maximum atomic E-state index is 13.4. The van der Waals surface area contributed by atoms with Gasteiger partial charge in [-0.2, -0.15) is 0 Å². The molecule has 2 aliphatic rings. The first-order chi connectivity index (χ1) is 17.2. The molecule has 2 aromatic rings. The van der Waals surface area contributed by atoms with Gasteiger partial charge in [0.15, 0.2) is 17.3 Å². The molecule has 2 atom stereocenters. The molecule has 1 aliphatic carbocycles. The highest BCUT2D eigenvalue weighted by molar-refractivity contribution is 6.09. The molecule has 0 aromatic heterocycles. The van der Waals surface area contributed by atoms with E-state index >= 15 is 0 Å². The summed E-state index contributed by atoms with van der Waals surface area (Å²) >= 11 is 0. The molecule has 0 radical (unpaired) electrons. The number of carbonyl (C=O) groups excluding carboxylic acids is 2. The lowest BCUT2D eigenvalue weighted by atomic mass is 9.67. The summed E-state index contributed by atoms with van der Waals surface area (Å²) in [6.07, 6.45) is 2.61. The minimum Gasteiger partial charge on any atom is -0.493 e. The molecule has 2 aromatic carbocycles.